The fourth-order valence-corrected chi connectivity index (χ4v) is 5.42. The summed E-state index contributed by atoms with van der Waals surface area (Å²) in [6.45, 7) is 2.01. The van der Waals surface area contributed by atoms with Crippen LogP contribution in [0.1, 0.15) is 23.6 Å². The van der Waals surface area contributed by atoms with Gasteiger partial charge in [0.05, 0.1) is 17.0 Å². The molecule has 2 aromatic carbocycles. The average Bonchev–Trinajstić information content (AvgIpc) is 3.42. The van der Waals surface area contributed by atoms with E-state index in [9.17, 15) is 18.3 Å². The number of β-amino-alcohol motifs (C(OH)–C–C–N with tert-alkyl or cyclic N) is 1. The molecule has 8 nitrogen and oxygen atoms in total. The molecule has 0 radical (unpaired) electrons. The van der Waals surface area contributed by atoms with Gasteiger partial charge in [-0.1, -0.05) is 30.3 Å². The highest BCUT2D eigenvalue weighted by molar-refractivity contribution is 7.89. The van der Waals surface area contributed by atoms with Crippen LogP contribution in [-0.4, -0.2) is 86.5 Å². The SMILES string of the molecule is CN(C(=O)[C@H]1Cc2cc(S(=O)(=O)N(C)C)ccc2O1)[C@H](CN1CC[C@H](O)C1)c1ccccc1. The van der Waals surface area contributed by atoms with Crippen molar-refractivity contribution in [2.45, 2.75) is 36.0 Å². The van der Waals surface area contributed by atoms with Gasteiger partial charge in [0.15, 0.2) is 6.10 Å². The molecule has 1 amide bonds. The zero-order valence-corrected chi connectivity index (χ0v) is 20.0. The Morgan fingerprint density at radius 3 is 2.55 bits per heavy atom. The van der Waals surface area contributed by atoms with Crippen LogP contribution in [0.15, 0.2) is 53.4 Å². The highest BCUT2D eigenvalue weighted by Crippen LogP contribution is 2.33. The molecule has 2 aliphatic heterocycles. The Morgan fingerprint density at radius 2 is 1.91 bits per heavy atom. The molecule has 1 saturated heterocycles. The summed E-state index contributed by atoms with van der Waals surface area (Å²) >= 11 is 0. The molecule has 178 valence electrons. The molecule has 1 N–H and O–H groups in total. The molecule has 0 unspecified atom stereocenters. The number of hydrogen-bond donors (Lipinski definition) is 1. The first-order valence-electron chi connectivity index (χ1n) is 11.1. The van der Waals surface area contributed by atoms with E-state index in [1.54, 1.807) is 24.1 Å². The number of fused-ring (bicyclic) bond motifs is 1. The third kappa shape index (κ3) is 4.91. The van der Waals surface area contributed by atoms with Gasteiger partial charge in [-0.3, -0.25) is 9.69 Å². The quantitative estimate of drug-likeness (QED) is 0.656. The number of ether oxygens (including phenoxy) is 1. The second kappa shape index (κ2) is 9.42. The van der Waals surface area contributed by atoms with E-state index in [2.05, 4.69) is 4.90 Å². The molecule has 2 aromatic rings. The van der Waals surface area contributed by atoms with Crippen LogP contribution >= 0.6 is 0 Å². The normalized spacial score (nSPS) is 21.6. The number of nitrogens with zero attached hydrogens (tertiary/aromatic N) is 3. The van der Waals surface area contributed by atoms with Gasteiger partial charge in [-0.15, -0.1) is 0 Å². The van der Waals surface area contributed by atoms with Crippen molar-refractivity contribution in [1.29, 1.82) is 0 Å². The van der Waals surface area contributed by atoms with Gasteiger partial charge < -0.3 is 14.7 Å². The molecule has 2 heterocycles. The summed E-state index contributed by atoms with van der Waals surface area (Å²) in [6, 6.07) is 14.4. The van der Waals surface area contributed by atoms with E-state index in [1.165, 1.54) is 24.5 Å². The van der Waals surface area contributed by atoms with Crippen molar-refractivity contribution < 1.29 is 23.1 Å². The molecule has 4 rings (SSSR count). The second-order valence-electron chi connectivity index (χ2n) is 8.95. The van der Waals surface area contributed by atoms with Crippen molar-refractivity contribution in [2.24, 2.45) is 0 Å². The van der Waals surface area contributed by atoms with Crippen LogP contribution in [0.2, 0.25) is 0 Å². The van der Waals surface area contributed by atoms with E-state index in [4.69, 9.17) is 4.74 Å². The second-order valence-corrected chi connectivity index (χ2v) is 11.1. The van der Waals surface area contributed by atoms with Gasteiger partial charge in [0.2, 0.25) is 10.0 Å². The lowest BCUT2D eigenvalue weighted by atomic mass is 10.0. The number of sulfonamides is 1. The van der Waals surface area contributed by atoms with Crippen LogP contribution in [-0.2, 0) is 21.2 Å². The summed E-state index contributed by atoms with van der Waals surface area (Å²) < 4.78 is 32.1. The smallest absolute Gasteiger partial charge is 0.264 e. The lowest BCUT2D eigenvalue weighted by Gasteiger charge is -2.33. The number of rotatable bonds is 7. The number of benzene rings is 2. The number of likely N-dealkylation sites (tertiary alicyclic amines) is 1. The molecule has 0 aromatic heterocycles. The monoisotopic (exact) mass is 473 g/mol. The third-order valence-corrected chi connectivity index (χ3v) is 8.25. The van der Waals surface area contributed by atoms with Gasteiger partial charge in [-0.25, -0.2) is 12.7 Å². The number of carbonyl (C=O) groups excluding carboxylic acids is 1. The van der Waals surface area contributed by atoms with Gasteiger partial charge in [0.1, 0.15) is 5.75 Å². The lowest BCUT2D eigenvalue weighted by molar-refractivity contribution is -0.139. The van der Waals surface area contributed by atoms with E-state index >= 15 is 0 Å². The first-order valence-corrected chi connectivity index (χ1v) is 12.5. The first-order chi connectivity index (χ1) is 15.7. The molecule has 2 aliphatic rings. The summed E-state index contributed by atoms with van der Waals surface area (Å²) in [5.74, 6) is 0.384. The summed E-state index contributed by atoms with van der Waals surface area (Å²) in [7, 11) is 1.19. The Morgan fingerprint density at radius 1 is 1.18 bits per heavy atom. The molecule has 0 saturated carbocycles. The fourth-order valence-electron chi connectivity index (χ4n) is 4.46. The maximum Gasteiger partial charge on any atom is 0.264 e. The minimum absolute atomic E-state index is 0.156. The number of hydrogen-bond acceptors (Lipinski definition) is 6. The van der Waals surface area contributed by atoms with Crippen molar-refractivity contribution in [1.82, 2.24) is 14.1 Å². The van der Waals surface area contributed by atoms with Crippen LogP contribution in [0, 0.1) is 0 Å². The zero-order valence-electron chi connectivity index (χ0n) is 19.2. The van der Waals surface area contributed by atoms with E-state index in [0.29, 0.717) is 30.8 Å². The van der Waals surface area contributed by atoms with Gasteiger partial charge in [-0.2, -0.15) is 0 Å². The van der Waals surface area contributed by atoms with Crippen LogP contribution in [0.25, 0.3) is 0 Å². The Labute approximate surface area is 195 Å². The fraction of sp³-hybridized carbons (Fsp3) is 0.458. The Kier molecular flexibility index (Phi) is 6.76. The van der Waals surface area contributed by atoms with Crippen LogP contribution in [0.3, 0.4) is 0 Å². The number of likely N-dealkylation sites (N-methyl/N-ethyl adjacent to an activating group) is 1. The molecule has 0 bridgehead atoms. The molecule has 0 aliphatic carbocycles. The maximum absolute atomic E-state index is 13.5. The molecule has 3 atom stereocenters. The summed E-state index contributed by atoms with van der Waals surface area (Å²) in [5, 5.41) is 9.93. The number of aliphatic hydroxyl groups excluding tert-OH is 1. The molecule has 33 heavy (non-hydrogen) atoms. The van der Waals surface area contributed by atoms with Crippen LogP contribution < -0.4 is 4.74 Å². The zero-order chi connectivity index (χ0) is 23.8. The van der Waals surface area contributed by atoms with E-state index in [-0.39, 0.29) is 22.9 Å². The summed E-state index contributed by atoms with van der Waals surface area (Å²) in [5.41, 5.74) is 1.73. The number of carbonyl (C=O) groups is 1. The molecular formula is C24H31N3O5S. The lowest BCUT2D eigenvalue weighted by Crippen LogP contribution is -2.44. The van der Waals surface area contributed by atoms with Crippen molar-refractivity contribution in [3.63, 3.8) is 0 Å². The number of aliphatic hydroxyl groups is 1. The van der Waals surface area contributed by atoms with Crippen molar-refractivity contribution in [3.05, 3.63) is 59.7 Å². The predicted octanol–water partition coefficient (Wildman–Crippen LogP) is 1.51. The third-order valence-electron chi connectivity index (χ3n) is 6.44. The Bertz CT molecular complexity index is 1110. The topological polar surface area (TPSA) is 90.4 Å². The highest BCUT2D eigenvalue weighted by Gasteiger charge is 2.36. The largest absolute Gasteiger partial charge is 0.480 e. The molecule has 9 heteroatoms. The highest BCUT2D eigenvalue weighted by atomic mass is 32.2. The molecule has 1 fully saturated rings. The van der Waals surface area contributed by atoms with E-state index in [1.807, 2.05) is 30.3 Å². The van der Waals surface area contributed by atoms with Gasteiger partial charge in [0, 0.05) is 47.2 Å². The van der Waals surface area contributed by atoms with Crippen molar-refractivity contribution >= 4 is 15.9 Å². The van der Waals surface area contributed by atoms with Crippen LogP contribution in [0.5, 0.6) is 5.75 Å². The van der Waals surface area contributed by atoms with Gasteiger partial charge in [0.25, 0.3) is 5.91 Å². The van der Waals surface area contributed by atoms with Gasteiger partial charge >= 0.3 is 0 Å². The van der Waals surface area contributed by atoms with Gasteiger partial charge in [-0.05, 0) is 35.7 Å². The maximum atomic E-state index is 13.5. The standard InChI is InChI=1S/C24H31N3O5S/c1-25(2)33(30,31)20-9-10-22-18(13-20)14-23(32-22)24(29)26(3)21(17-7-5-4-6-8-17)16-27-12-11-19(28)15-27/h4-10,13,19,21,23,28H,11-12,14-16H2,1-3H3/t19-,21+,23+/m0/s1. The Hall–Kier alpha value is -2.46. The van der Waals surface area contributed by atoms with Crippen molar-refractivity contribution in [3.8, 4) is 5.75 Å². The van der Waals surface area contributed by atoms with Crippen molar-refractivity contribution in [2.75, 3.05) is 40.8 Å². The minimum atomic E-state index is -3.56. The minimum Gasteiger partial charge on any atom is -0.480 e. The summed E-state index contributed by atoms with van der Waals surface area (Å²) in [6.07, 6.45) is 0.0119. The molecular weight excluding hydrogens is 442 g/mol. The Balaban J connectivity index is 1.52. The average molecular weight is 474 g/mol. The summed E-state index contributed by atoms with van der Waals surface area (Å²) in [4.78, 5) is 17.5. The number of amides is 1. The first kappa shape index (κ1) is 23.7. The van der Waals surface area contributed by atoms with Crippen LogP contribution in [0.4, 0.5) is 0 Å². The molecule has 0 spiro atoms. The van der Waals surface area contributed by atoms with E-state index < -0.39 is 16.1 Å². The van der Waals surface area contributed by atoms with E-state index in [0.717, 1.165) is 18.5 Å². The predicted molar refractivity (Wildman–Crippen MR) is 124 cm³/mol.